The summed E-state index contributed by atoms with van der Waals surface area (Å²) in [4.78, 5) is 51.3. The summed E-state index contributed by atoms with van der Waals surface area (Å²) in [6.07, 6.45) is 0.723. The molecule has 1 aromatic carbocycles. The lowest BCUT2D eigenvalue weighted by molar-refractivity contribution is -0.141. The van der Waals surface area contributed by atoms with Gasteiger partial charge in [-0.3, -0.25) is 24.1 Å². The number of fused-ring (bicyclic) bond motifs is 4. The fraction of sp³-hybridized carbons (Fsp3) is 0.400. The molecule has 42 heavy (non-hydrogen) atoms. The number of amides is 1. The van der Waals surface area contributed by atoms with Crippen LogP contribution in [0.4, 0.5) is 0 Å². The maximum Gasteiger partial charge on any atom is 0.306 e. The number of esters is 1. The van der Waals surface area contributed by atoms with Gasteiger partial charge in [-0.05, 0) is 36.1 Å². The topological polar surface area (TPSA) is 164 Å². The van der Waals surface area contributed by atoms with E-state index in [-0.39, 0.29) is 35.3 Å². The number of pyridine rings is 1. The van der Waals surface area contributed by atoms with E-state index in [1.54, 1.807) is 24.3 Å². The molecule has 0 saturated carbocycles. The number of carbonyl (C=O) groups excluding carboxylic acids is 2. The van der Waals surface area contributed by atoms with Crippen molar-refractivity contribution >= 4 is 11.9 Å². The molecule has 3 N–H and O–H groups in total. The van der Waals surface area contributed by atoms with Crippen molar-refractivity contribution in [3.05, 3.63) is 85.8 Å². The lowest BCUT2D eigenvalue weighted by atomic mass is 9.83. The predicted molar refractivity (Wildman–Crippen MR) is 150 cm³/mol. The van der Waals surface area contributed by atoms with E-state index < -0.39 is 35.6 Å². The van der Waals surface area contributed by atoms with Crippen LogP contribution in [-0.4, -0.2) is 60.4 Å². The van der Waals surface area contributed by atoms with Crippen molar-refractivity contribution in [3.63, 3.8) is 0 Å². The molecule has 5 rings (SSSR count). The first kappa shape index (κ1) is 28.9. The van der Waals surface area contributed by atoms with E-state index in [9.17, 15) is 24.3 Å². The zero-order valence-electron chi connectivity index (χ0n) is 23.4. The molecular weight excluding hydrogens is 546 g/mol. The molecule has 0 unspecified atom stereocenters. The number of aromatic hydroxyl groups is 1. The Morgan fingerprint density at radius 1 is 1.10 bits per heavy atom. The van der Waals surface area contributed by atoms with Crippen LogP contribution in [0.1, 0.15) is 47.5 Å². The molecule has 222 valence electrons. The summed E-state index contributed by atoms with van der Waals surface area (Å²) in [5.41, 5.74) is 6.04. The van der Waals surface area contributed by atoms with Crippen LogP contribution < -0.4 is 26.2 Å². The number of nitrogens with two attached hydrogens (primary N) is 1. The average molecular weight is 580 g/mol. The van der Waals surface area contributed by atoms with E-state index in [0.717, 1.165) is 12.1 Å². The van der Waals surface area contributed by atoms with Gasteiger partial charge in [-0.15, -0.1) is 0 Å². The van der Waals surface area contributed by atoms with Gasteiger partial charge in [-0.1, -0.05) is 12.1 Å². The lowest BCUT2D eigenvalue weighted by Gasteiger charge is -2.42. The highest BCUT2D eigenvalue weighted by Gasteiger charge is 2.35. The Kier molecular flexibility index (Phi) is 8.34. The highest BCUT2D eigenvalue weighted by atomic mass is 16.5. The molecule has 4 heterocycles. The third kappa shape index (κ3) is 6.03. The van der Waals surface area contributed by atoms with Gasteiger partial charge in [-0.2, -0.15) is 0 Å². The number of ether oxygens (including phenoxy) is 3. The molecule has 0 radical (unpaired) electrons. The van der Waals surface area contributed by atoms with E-state index in [0.29, 0.717) is 43.3 Å². The summed E-state index contributed by atoms with van der Waals surface area (Å²) in [5, 5.41) is 10.8. The molecule has 2 aliphatic rings. The van der Waals surface area contributed by atoms with Gasteiger partial charge in [0.05, 0.1) is 33.1 Å². The van der Waals surface area contributed by atoms with E-state index in [1.165, 1.54) is 26.4 Å². The van der Waals surface area contributed by atoms with Gasteiger partial charge < -0.3 is 34.0 Å². The third-order valence-electron chi connectivity index (χ3n) is 7.81. The average Bonchev–Trinajstić information content (AvgIpc) is 2.97. The summed E-state index contributed by atoms with van der Waals surface area (Å²) in [6.45, 7) is 1.90. The Balaban J connectivity index is 1.47. The molecule has 3 atom stereocenters. The van der Waals surface area contributed by atoms with Gasteiger partial charge in [0, 0.05) is 43.4 Å². The number of rotatable bonds is 10. The second kappa shape index (κ2) is 12.1. The van der Waals surface area contributed by atoms with Crippen molar-refractivity contribution in [1.29, 1.82) is 0 Å². The molecule has 2 bridgehead atoms. The molecular formula is C30H33N3O9. The van der Waals surface area contributed by atoms with Crippen LogP contribution in [0.2, 0.25) is 0 Å². The molecule has 12 heteroatoms. The van der Waals surface area contributed by atoms with Gasteiger partial charge in [0.2, 0.25) is 11.2 Å². The number of hydrogen-bond donors (Lipinski definition) is 2. The minimum Gasteiger partial charge on any atom is -0.502 e. The Bertz CT molecular complexity index is 1610. The number of likely N-dealkylation sites (tertiary alicyclic amines) is 1. The minimum absolute atomic E-state index is 0.00295. The van der Waals surface area contributed by atoms with Crippen LogP contribution in [0, 0.1) is 5.92 Å². The number of piperidine rings is 1. The monoisotopic (exact) mass is 579 g/mol. The molecule has 12 nitrogen and oxygen atoms in total. The molecule has 2 aliphatic heterocycles. The van der Waals surface area contributed by atoms with Crippen LogP contribution in [0.15, 0.2) is 56.5 Å². The Morgan fingerprint density at radius 3 is 2.64 bits per heavy atom. The summed E-state index contributed by atoms with van der Waals surface area (Å²) >= 11 is 0. The van der Waals surface area contributed by atoms with Crippen LogP contribution in [0.3, 0.4) is 0 Å². The summed E-state index contributed by atoms with van der Waals surface area (Å²) in [7, 11) is 2.67. The Morgan fingerprint density at radius 2 is 1.90 bits per heavy atom. The Labute approximate surface area is 241 Å². The number of carbonyl (C=O) groups is 2. The van der Waals surface area contributed by atoms with Crippen molar-refractivity contribution in [3.8, 4) is 17.2 Å². The van der Waals surface area contributed by atoms with E-state index >= 15 is 0 Å². The van der Waals surface area contributed by atoms with Crippen LogP contribution in [-0.2, 0) is 27.4 Å². The van der Waals surface area contributed by atoms with Crippen molar-refractivity contribution in [1.82, 2.24) is 9.47 Å². The second-order valence-electron chi connectivity index (χ2n) is 10.7. The van der Waals surface area contributed by atoms with Gasteiger partial charge in [0.1, 0.15) is 5.76 Å². The number of nitrogens with zero attached hydrogens (tertiary/aromatic N) is 2. The smallest absolute Gasteiger partial charge is 0.306 e. The highest BCUT2D eigenvalue weighted by Crippen LogP contribution is 2.39. The molecule has 1 fully saturated rings. The lowest BCUT2D eigenvalue weighted by Crippen LogP contribution is -2.46. The maximum atomic E-state index is 13.0. The van der Waals surface area contributed by atoms with Crippen LogP contribution in [0.25, 0.3) is 0 Å². The fourth-order valence-electron chi connectivity index (χ4n) is 6.00. The fourth-order valence-corrected chi connectivity index (χ4v) is 6.00. The van der Waals surface area contributed by atoms with Crippen molar-refractivity contribution < 1.29 is 33.3 Å². The maximum absolute atomic E-state index is 13.0. The Hall–Kier alpha value is -4.58. The summed E-state index contributed by atoms with van der Waals surface area (Å²) in [6, 6.07) is 11.3. The van der Waals surface area contributed by atoms with E-state index in [2.05, 4.69) is 4.90 Å². The van der Waals surface area contributed by atoms with Crippen molar-refractivity contribution in [2.24, 2.45) is 11.7 Å². The van der Waals surface area contributed by atoms with E-state index in [1.807, 2.05) is 10.6 Å². The first-order valence-electron chi connectivity index (χ1n) is 13.6. The SMILES string of the molecule is COC(=O)C[C@H](c1ccc(OC)c(OCC(N)=O)c1)c1oc(CN2C[C@H]3C[C@@H](C2)c2cccc(=O)n2C3)cc(=O)c1O. The standard InChI is InChI=1S/C30H33N3O9/c1-39-24-7-6-18(9-25(24)41-16-26(31)35)21(11-28(37)40-2)30-29(38)23(34)10-20(42-30)15-32-12-17-8-19(14-32)22-4-3-5-27(36)33(22)13-17/h3-7,9-10,17,19,21,38H,8,11-16H2,1-2H3,(H2,31,35)/t17-,19+,21-/m1/s1. The first-order valence-corrected chi connectivity index (χ1v) is 13.6. The molecule has 0 spiro atoms. The third-order valence-corrected chi connectivity index (χ3v) is 7.81. The van der Waals surface area contributed by atoms with E-state index in [4.69, 9.17) is 24.4 Å². The number of methoxy groups -OCH3 is 2. The summed E-state index contributed by atoms with van der Waals surface area (Å²) < 4.78 is 23.7. The number of aromatic nitrogens is 1. The first-order chi connectivity index (χ1) is 20.2. The molecule has 1 saturated heterocycles. The van der Waals surface area contributed by atoms with Gasteiger partial charge in [0.25, 0.3) is 11.5 Å². The summed E-state index contributed by atoms with van der Waals surface area (Å²) in [5.74, 6) is -1.67. The molecule has 0 aliphatic carbocycles. The van der Waals surface area contributed by atoms with Crippen molar-refractivity contribution in [2.45, 2.75) is 37.8 Å². The van der Waals surface area contributed by atoms with Gasteiger partial charge in [0.15, 0.2) is 23.9 Å². The number of primary amides is 1. The predicted octanol–water partition coefficient (Wildman–Crippen LogP) is 1.69. The van der Waals surface area contributed by atoms with Crippen LogP contribution >= 0.6 is 0 Å². The van der Waals surface area contributed by atoms with Crippen LogP contribution in [0.5, 0.6) is 17.2 Å². The zero-order valence-corrected chi connectivity index (χ0v) is 23.4. The minimum atomic E-state index is -0.925. The molecule has 1 amide bonds. The highest BCUT2D eigenvalue weighted by molar-refractivity contribution is 5.75. The molecule has 2 aromatic heterocycles. The second-order valence-corrected chi connectivity index (χ2v) is 10.7. The number of benzene rings is 1. The molecule has 3 aromatic rings. The van der Waals surface area contributed by atoms with Crippen molar-refractivity contribution in [2.75, 3.05) is 33.9 Å². The van der Waals surface area contributed by atoms with Gasteiger partial charge >= 0.3 is 5.97 Å². The number of hydrogen-bond acceptors (Lipinski definition) is 10. The quantitative estimate of drug-likeness (QED) is 0.338. The normalized spacial score (nSPS) is 18.5. The largest absolute Gasteiger partial charge is 0.502 e. The zero-order chi connectivity index (χ0) is 30.0. The van der Waals surface area contributed by atoms with Gasteiger partial charge in [-0.25, -0.2) is 0 Å².